The predicted molar refractivity (Wildman–Crippen MR) is 86.4 cm³/mol. The van der Waals surface area contributed by atoms with Gasteiger partial charge in [0.25, 0.3) is 0 Å². The van der Waals surface area contributed by atoms with Gasteiger partial charge in [-0.15, -0.1) is 0 Å². The molecule has 0 heterocycles. The number of rotatable bonds is 4. The summed E-state index contributed by atoms with van der Waals surface area (Å²) < 4.78 is 5.81. The van der Waals surface area contributed by atoms with Crippen LogP contribution in [-0.2, 0) is 6.61 Å². The molecule has 2 aromatic carbocycles. The van der Waals surface area contributed by atoms with Gasteiger partial charge in [-0.2, -0.15) is 0 Å². The number of aryl methyl sites for hydroxylation is 1. The highest BCUT2D eigenvalue weighted by atomic mass is 16.5. The summed E-state index contributed by atoms with van der Waals surface area (Å²) >= 11 is 0. The average Bonchev–Trinajstić information content (AvgIpc) is 2.45. The van der Waals surface area contributed by atoms with Crippen molar-refractivity contribution in [3.05, 3.63) is 65.2 Å². The Morgan fingerprint density at radius 1 is 1.05 bits per heavy atom. The van der Waals surface area contributed by atoms with E-state index in [1.165, 1.54) is 0 Å². The van der Waals surface area contributed by atoms with Crippen molar-refractivity contribution in [1.29, 1.82) is 0 Å². The monoisotopic (exact) mass is 284 g/mol. The molecule has 2 aromatic rings. The number of ether oxygens (including phenoxy) is 1. The van der Waals surface area contributed by atoms with E-state index in [0.717, 1.165) is 22.4 Å². The summed E-state index contributed by atoms with van der Waals surface area (Å²) in [6.07, 6.45) is -0.472. The highest BCUT2D eigenvalue weighted by molar-refractivity contribution is 5.36. The summed E-state index contributed by atoms with van der Waals surface area (Å²) in [5.41, 5.74) is 3.00. The van der Waals surface area contributed by atoms with Crippen LogP contribution in [0, 0.1) is 12.3 Å². The molecule has 0 fully saturated rings. The number of benzene rings is 2. The molecule has 0 radical (unpaired) electrons. The first-order chi connectivity index (χ1) is 9.88. The van der Waals surface area contributed by atoms with Gasteiger partial charge in [-0.25, -0.2) is 0 Å². The van der Waals surface area contributed by atoms with E-state index in [1.807, 2.05) is 76.2 Å². The summed E-state index contributed by atoms with van der Waals surface area (Å²) in [5, 5.41) is 10.4. The zero-order valence-corrected chi connectivity index (χ0v) is 13.3. The Morgan fingerprint density at radius 2 is 1.71 bits per heavy atom. The van der Waals surface area contributed by atoms with Crippen molar-refractivity contribution in [2.45, 2.75) is 40.4 Å². The number of hydrogen-bond donors (Lipinski definition) is 1. The van der Waals surface area contributed by atoms with Gasteiger partial charge in [-0.05, 0) is 41.2 Å². The molecule has 2 rings (SSSR count). The van der Waals surface area contributed by atoms with E-state index in [9.17, 15) is 5.11 Å². The van der Waals surface area contributed by atoms with Crippen molar-refractivity contribution in [1.82, 2.24) is 0 Å². The molecule has 0 spiro atoms. The second-order valence-electron chi connectivity index (χ2n) is 6.56. The molecule has 0 aliphatic rings. The first-order valence-electron chi connectivity index (χ1n) is 7.33. The van der Waals surface area contributed by atoms with Crippen LogP contribution in [0.3, 0.4) is 0 Å². The normalized spacial score (nSPS) is 13.0. The molecule has 0 saturated heterocycles. The van der Waals surface area contributed by atoms with E-state index in [-0.39, 0.29) is 5.41 Å². The molecule has 112 valence electrons. The second-order valence-corrected chi connectivity index (χ2v) is 6.56. The fourth-order valence-electron chi connectivity index (χ4n) is 2.25. The van der Waals surface area contributed by atoms with E-state index >= 15 is 0 Å². The molecule has 2 heteroatoms. The fraction of sp³-hybridized carbons (Fsp3) is 0.368. The average molecular weight is 284 g/mol. The Kier molecular flexibility index (Phi) is 4.69. The molecule has 2 nitrogen and oxygen atoms in total. The lowest BCUT2D eigenvalue weighted by atomic mass is 9.83. The standard InChI is InChI=1S/C19H24O2/c1-14-12-16(21-13-15-8-6-5-7-9-15)10-11-17(14)18(20)19(2,3)4/h5-12,18,20H,13H2,1-4H3. The van der Waals surface area contributed by atoms with Crippen LogP contribution in [0.1, 0.15) is 43.6 Å². The van der Waals surface area contributed by atoms with E-state index in [0.29, 0.717) is 6.61 Å². The Balaban J connectivity index is 2.09. The highest BCUT2D eigenvalue weighted by Crippen LogP contribution is 2.35. The Bertz CT molecular complexity index is 582. The minimum absolute atomic E-state index is 0.169. The summed E-state index contributed by atoms with van der Waals surface area (Å²) in [7, 11) is 0. The molecule has 0 amide bonds. The topological polar surface area (TPSA) is 29.5 Å². The molecule has 21 heavy (non-hydrogen) atoms. The van der Waals surface area contributed by atoms with Gasteiger partial charge < -0.3 is 9.84 Å². The van der Waals surface area contributed by atoms with Crippen LogP contribution in [0.4, 0.5) is 0 Å². The van der Waals surface area contributed by atoms with Crippen LogP contribution in [0.2, 0.25) is 0 Å². The van der Waals surface area contributed by atoms with Gasteiger partial charge in [0, 0.05) is 0 Å². The highest BCUT2D eigenvalue weighted by Gasteiger charge is 2.25. The second kappa shape index (κ2) is 6.31. The van der Waals surface area contributed by atoms with Crippen molar-refractivity contribution in [2.24, 2.45) is 5.41 Å². The summed E-state index contributed by atoms with van der Waals surface area (Å²) in [4.78, 5) is 0. The van der Waals surface area contributed by atoms with Crippen molar-refractivity contribution < 1.29 is 9.84 Å². The van der Waals surface area contributed by atoms with Gasteiger partial charge in [0.05, 0.1) is 6.10 Å². The van der Waals surface area contributed by atoms with Gasteiger partial charge >= 0.3 is 0 Å². The molecule has 1 N–H and O–H groups in total. The lowest BCUT2D eigenvalue weighted by molar-refractivity contribution is 0.0620. The minimum atomic E-state index is -0.472. The zero-order chi connectivity index (χ0) is 15.5. The third-order valence-electron chi connectivity index (χ3n) is 3.60. The van der Waals surface area contributed by atoms with Crippen LogP contribution < -0.4 is 4.74 Å². The number of aliphatic hydroxyl groups is 1. The predicted octanol–water partition coefficient (Wildman–Crippen LogP) is 4.65. The van der Waals surface area contributed by atoms with Gasteiger partial charge in [-0.1, -0.05) is 57.2 Å². The lowest BCUT2D eigenvalue weighted by Crippen LogP contribution is -2.18. The minimum Gasteiger partial charge on any atom is -0.489 e. The largest absolute Gasteiger partial charge is 0.489 e. The van der Waals surface area contributed by atoms with Gasteiger partial charge in [0.2, 0.25) is 0 Å². The van der Waals surface area contributed by atoms with Crippen molar-refractivity contribution in [3.8, 4) is 5.75 Å². The first kappa shape index (κ1) is 15.6. The molecule has 0 aliphatic carbocycles. The SMILES string of the molecule is Cc1cc(OCc2ccccc2)ccc1C(O)C(C)(C)C. The first-order valence-corrected chi connectivity index (χ1v) is 7.33. The van der Waals surface area contributed by atoms with Gasteiger partial charge in [0.15, 0.2) is 0 Å². The summed E-state index contributed by atoms with van der Waals surface area (Å²) in [6, 6.07) is 16.0. The van der Waals surface area contributed by atoms with E-state index in [2.05, 4.69) is 0 Å². The fourth-order valence-corrected chi connectivity index (χ4v) is 2.25. The Labute approximate surface area is 127 Å². The maximum atomic E-state index is 10.4. The van der Waals surface area contributed by atoms with E-state index in [4.69, 9.17) is 4.74 Å². The van der Waals surface area contributed by atoms with Crippen LogP contribution in [0.25, 0.3) is 0 Å². The van der Waals surface area contributed by atoms with Crippen molar-refractivity contribution in [3.63, 3.8) is 0 Å². The number of aliphatic hydroxyl groups excluding tert-OH is 1. The van der Waals surface area contributed by atoms with E-state index < -0.39 is 6.10 Å². The van der Waals surface area contributed by atoms with Gasteiger partial charge in [0.1, 0.15) is 12.4 Å². The maximum absolute atomic E-state index is 10.4. The Hall–Kier alpha value is -1.80. The Morgan fingerprint density at radius 3 is 2.29 bits per heavy atom. The van der Waals surface area contributed by atoms with Crippen LogP contribution in [0.5, 0.6) is 5.75 Å². The molecular weight excluding hydrogens is 260 g/mol. The molecule has 0 saturated carbocycles. The quantitative estimate of drug-likeness (QED) is 0.885. The maximum Gasteiger partial charge on any atom is 0.120 e. The lowest BCUT2D eigenvalue weighted by Gasteiger charge is -2.27. The third-order valence-corrected chi connectivity index (χ3v) is 3.60. The summed E-state index contributed by atoms with van der Waals surface area (Å²) in [5.74, 6) is 0.834. The molecule has 0 aromatic heterocycles. The molecule has 0 bridgehead atoms. The molecule has 0 aliphatic heterocycles. The van der Waals surface area contributed by atoms with Crippen molar-refractivity contribution >= 4 is 0 Å². The van der Waals surface area contributed by atoms with Crippen LogP contribution in [-0.4, -0.2) is 5.11 Å². The third kappa shape index (κ3) is 4.08. The van der Waals surface area contributed by atoms with Crippen LogP contribution in [0.15, 0.2) is 48.5 Å². The van der Waals surface area contributed by atoms with E-state index in [1.54, 1.807) is 0 Å². The molecule has 1 atom stereocenters. The van der Waals surface area contributed by atoms with Crippen LogP contribution >= 0.6 is 0 Å². The molecular formula is C19H24O2. The molecule has 1 unspecified atom stereocenters. The number of hydrogen-bond acceptors (Lipinski definition) is 2. The summed E-state index contributed by atoms with van der Waals surface area (Å²) in [6.45, 7) is 8.69. The smallest absolute Gasteiger partial charge is 0.120 e. The van der Waals surface area contributed by atoms with Crippen molar-refractivity contribution in [2.75, 3.05) is 0 Å². The van der Waals surface area contributed by atoms with Gasteiger partial charge in [-0.3, -0.25) is 0 Å². The zero-order valence-electron chi connectivity index (χ0n) is 13.3.